The lowest BCUT2D eigenvalue weighted by molar-refractivity contribution is 0.121. The smallest absolute Gasteiger partial charge is 0.390 e. The quantitative estimate of drug-likeness (QED) is 0.453. The topological polar surface area (TPSA) is 94.9 Å². The van der Waals surface area contributed by atoms with Gasteiger partial charge in [-0.3, -0.25) is 0 Å². The summed E-state index contributed by atoms with van der Waals surface area (Å²) in [5.74, 6) is 0. The van der Waals surface area contributed by atoms with Crippen molar-refractivity contribution in [3.63, 3.8) is 0 Å². The third-order valence-corrected chi connectivity index (χ3v) is 6.29. The highest BCUT2D eigenvalue weighted by Gasteiger charge is 2.37. The van der Waals surface area contributed by atoms with Crippen molar-refractivity contribution < 1.29 is 27.7 Å². The fourth-order valence-corrected chi connectivity index (χ4v) is 3.87. The van der Waals surface area contributed by atoms with Gasteiger partial charge >= 0.3 is 17.6 Å². The van der Waals surface area contributed by atoms with E-state index in [4.69, 9.17) is 27.7 Å². The van der Waals surface area contributed by atoms with Gasteiger partial charge in [0.15, 0.2) is 0 Å². The molecule has 0 bridgehead atoms. The fraction of sp³-hybridized carbons (Fsp3) is 1.00. The Hall–Kier alpha value is 0.114. The lowest BCUT2D eigenvalue weighted by atomic mass is 10.7. The van der Waals surface area contributed by atoms with E-state index in [9.17, 15) is 0 Å². The highest BCUT2D eigenvalue weighted by Crippen LogP contribution is 2.12. The van der Waals surface area contributed by atoms with Gasteiger partial charge in [0.2, 0.25) is 0 Å². The summed E-state index contributed by atoms with van der Waals surface area (Å²) in [4.78, 5) is 29.3. The van der Waals surface area contributed by atoms with Crippen molar-refractivity contribution in [3.8, 4) is 0 Å². The van der Waals surface area contributed by atoms with Crippen molar-refractivity contribution in [2.45, 2.75) is 12.1 Å². The molecule has 0 aliphatic carbocycles. The first-order valence-electron chi connectivity index (χ1n) is 6.64. The number of hydrogen-bond donors (Lipinski definition) is 3. The van der Waals surface area contributed by atoms with E-state index in [0.717, 1.165) is 12.6 Å². The molecule has 0 fully saturated rings. The summed E-state index contributed by atoms with van der Waals surface area (Å²) in [6, 6.07) is 0.906. The molecular formula is C11H32N2O6Si2. The molecule has 0 aromatic heterocycles. The van der Waals surface area contributed by atoms with Crippen molar-refractivity contribution in [2.75, 3.05) is 62.6 Å². The molecule has 0 radical (unpaired) electrons. The zero-order valence-corrected chi connectivity index (χ0v) is 16.3. The van der Waals surface area contributed by atoms with Gasteiger partial charge in [-0.2, -0.15) is 0 Å². The Morgan fingerprint density at radius 1 is 0.714 bits per heavy atom. The van der Waals surface area contributed by atoms with E-state index in [-0.39, 0.29) is 6.04 Å². The molecule has 3 N–H and O–H groups in total. The van der Waals surface area contributed by atoms with Crippen molar-refractivity contribution in [3.05, 3.63) is 0 Å². The van der Waals surface area contributed by atoms with Crippen LogP contribution in [0.15, 0.2) is 0 Å². The van der Waals surface area contributed by atoms with Crippen LogP contribution in [0.2, 0.25) is 12.1 Å². The van der Waals surface area contributed by atoms with Gasteiger partial charge in [-0.25, -0.2) is 0 Å². The summed E-state index contributed by atoms with van der Waals surface area (Å²) < 4.78 is 15.8. The monoisotopic (exact) mass is 344 g/mol. The van der Waals surface area contributed by atoms with Gasteiger partial charge in [0, 0.05) is 46.5 Å². The minimum Gasteiger partial charge on any atom is -0.390 e. The van der Waals surface area contributed by atoms with E-state index >= 15 is 0 Å². The Bertz CT molecular complexity index is 239. The van der Waals surface area contributed by atoms with Gasteiger partial charge in [-0.05, 0) is 28.2 Å². The van der Waals surface area contributed by atoms with Crippen LogP contribution in [0.3, 0.4) is 0 Å². The molecule has 21 heavy (non-hydrogen) atoms. The average Bonchev–Trinajstić information content (AvgIpc) is 2.38. The van der Waals surface area contributed by atoms with Crippen LogP contribution in [-0.4, -0.2) is 104 Å². The van der Waals surface area contributed by atoms with Crippen LogP contribution in [-0.2, 0) is 13.3 Å². The van der Waals surface area contributed by atoms with E-state index in [1.165, 1.54) is 0 Å². The van der Waals surface area contributed by atoms with E-state index in [1.54, 1.807) is 40.3 Å². The molecule has 130 valence electrons. The molecule has 0 aliphatic rings. The van der Waals surface area contributed by atoms with Crippen LogP contribution >= 0.6 is 0 Å². The van der Waals surface area contributed by atoms with Gasteiger partial charge in [0.1, 0.15) is 0 Å². The van der Waals surface area contributed by atoms with Crippen LogP contribution < -0.4 is 0 Å². The molecule has 0 rings (SSSR count). The van der Waals surface area contributed by atoms with E-state index < -0.39 is 17.6 Å². The lowest BCUT2D eigenvalue weighted by Gasteiger charge is -2.25. The van der Waals surface area contributed by atoms with Crippen LogP contribution in [0.25, 0.3) is 0 Å². The zero-order valence-electron chi connectivity index (χ0n) is 14.3. The zero-order chi connectivity index (χ0) is 17.1. The van der Waals surface area contributed by atoms with Gasteiger partial charge in [0.05, 0.1) is 0 Å². The third kappa shape index (κ3) is 14.8. The van der Waals surface area contributed by atoms with Crippen molar-refractivity contribution >= 4 is 17.6 Å². The first-order chi connectivity index (χ1) is 9.51. The summed E-state index contributed by atoms with van der Waals surface area (Å²) in [5, 5.41) is 0. The second-order valence-corrected chi connectivity index (χ2v) is 10.3. The predicted octanol–water partition coefficient (Wildman–Crippen LogP) is -1.11. The normalized spacial score (nSPS) is 12.6. The summed E-state index contributed by atoms with van der Waals surface area (Å²) >= 11 is 0. The molecule has 0 saturated heterocycles. The number of hydrogen-bond acceptors (Lipinski definition) is 8. The SMILES string of the molecule is CN(C)CC[Si](O)(O)O.CO[Si](CCN(C)C)(OC)OC. The van der Waals surface area contributed by atoms with Crippen LogP contribution in [0.5, 0.6) is 0 Å². The lowest BCUT2D eigenvalue weighted by Crippen LogP contribution is -2.44. The molecule has 0 unspecified atom stereocenters. The Balaban J connectivity index is 0. The van der Waals surface area contributed by atoms with Gasteiger partial charge in [0.25, 0.3) is 0 Å². The third-order valence-electron chi connectivity index (χ3n) is 2.69. The van der Waals surface area contributed by atoms with Crippen LogP contribution in [0.4, 0.5) is 0 Å². The Morgan fingerprint density at radius 2 is 1.05 bits per heavy atom. The highest BCUT2D eigenvalue weighted by molar-refractivity contribution is 6.60. The van der Waals surface area contributed by atoms with E-state index in [0.29, 0.717) is 6.54 Å². The first-order valence-corrected chi connectivity index (χ1v) is 10.6. The van der Waals surface area contributed by atoms with Crippen molar-refractivity contribution in [1.82, 2.24) is 9.80 Å². The molecule has 0 aliphatic heterocycles. The Labute approximate surface area is 130 Å². The summed E-state index contributed by atoms with van der Waals surface area (Å²) in [6.45, 7) is 1.43. The van der Waals surface area contributed by atoms with E-state index in [2.05, 4.69) is 4.90 Å². The van der Waals surface area contributed by atoms with Gasteiger partial charge < -0.3 is 37.5 Å². The van der Waals surface area contributed by atoms with E-state index in [1.807, 2.05) is 14.1 Å². The Morgan fingerprint density at radius 3 is 1.24 bits per heavy atom. The largest absolute Gasteiger partial charge is 0.501 e. The van der Waals surface area contributed by atoms with Crippen LogP contribution in [0.1, 0.15) is 0 Å². The highest BCUT2D eigenvalue weighted by atomic mass is 28.4. The summed E-state index contributed by atoms with van der Waals surface area (Å²) in [5.41, 5.74) is 0. The van der Waals surface area contributed by atoms with Crippen LogP contribution in [0, 0.1) is 0 Å². The number of rotatable bonds is 9. The predicted molar refractivity (Wildman–Crippen MR) is 85.9 cm³/mol. The van der Waals surface area contributed by atoms with Crippen molar-refractivity contribution in [1.29, 1.82) is 0 Å². The fourth-order valence-electron chi connectivity index (χ4n) is 1.29. The van der Waals surface area contributed by atoms with Gasteiger partial charge in [-0.15, -0.1) is 0 Å². The average molecular weight is 345 g/mol. The standard InChI is InChI=1S/C7H19NO3Si.C4H13NO3Si/c1-8(2)6-7-12(9-3,10-4)11-5;1-5(2)3-4-9(6,7)8/h6-7H2,1-5H3;6-8H,3-4H2,1-2H3. The maximum atomic E-state index is 8.49. The van der Waals surface area contributed by atoms with Crippen molar-refractivity contribution in [2.24, 2.45) is 0 Å². The molecule has 0 spiro atoms. The molecule has 0 saturated carbocycles. The molecule has 0 heterocycles. The molecule has 8 nitrogen and oxygen atoms in total. The summed E-state index contributed by atoms with van der Waals surface area (Å²) in [6.07, 6.45) is 0. The Kier molecular flexibility index (Phi) is 13.0. The number of nitrogens with zero attached hydrogens (tertiary/aromatic N) is 2. The molecular weight excluding hydrogens is 312 g/mol. The first kappa shape index (κ1) is 23.4. The van der Waals surface area contributed by atoms with Gasteiger partial charge in [-0.1, -0.05) is 0 Å². The maximum absolute atomic E-state index is 8.49. The molecule has 0 aromatic carbocycles. The molecule has 0 atom stereocenters. The second kappa shape index (κ2) is 11.7. The minimum atomic E-state index is -3.76. The second-order valence-electron chi connectivity index (χ2n) is 5.18. The summed E-state index contributed by atoms with van der Waals surface area (Å²) in [7, 11) is 6.46. The molecule has 0 amide bonds. The molecule has 0 aromatic rings. The maximum Gasteiger partial charge on any atom is 0.501 e. The minimum absolute atomic E-state index is 0.0833. The molecule has 10 heteroatoms.